The fourth-order valence-corrected chi connectivity index (χ4v) is 2.25. The van der Waals surface area contributed by atoms with Crippen LogP contribution < -0.4 is 15.4 Å². The Morgan fingerprint density at radius 2 is 2.05 bits per heavy atom. The summed E-state index contributed by atoms with van der Waals surface area (Å²) in [5.41, 5.74) is 9.00. The Morgan fingerprint density at radius 1 is 1.24 bits per heavy atom. The minimum atomic E-state index is 0.557. The van der Waals surface area contributed by atoms with Gasteiger partial charge in [0.2, 0.25) is 0 Å². The standard InChI is InChI=1S/C16H17N3O2/c1-19(10-11-5-3-4-6-14(11)20-2)16-18-13-9-12(17)7-8-15(13)21-16/h3-9H,10,17H2,1-2H3. The highest BCUT2D eigenvalue weighted by Gasteiger charge is 2.12. The van der Waals surface area contributed by atoms with E-state index in [1.807, 2.05) is 42.3 Å². The largest absolute Gasteiger partial charge is 0.496 e. The van der Waals surface area contributed by atoms with E-state index in [0.717, 1.165) is 22.4 Å². The third kappa shape index (κ3) is 2.63. The zero-order valence-corrected chi connectivity index (χ0v) is 12.0. The van der Waals surface area contributed by atoms with Crippen LogP contribution in [0.3, 0.4) is 0 Å². The van der Waals surface area contributed by atoms with Gasteiger partial charge in [0.15, 0.2) is 5.58 Å². The van der Waals surface area contributed by atoms with Gasteiger partial charge >= 0.3 is 0 Å². The Morgan fingerprint density at radius 3 is 2.86 bits per heavy atom. The summed E-state index contributed by atoms with van der Waals surface area (Å²) in [6.45, 7) is 0.645. The van der Waals surface area contributed by atoms with Crippen molar-refractivity contribution in [2.45, 2.75) is 6.54 Å². The molecule has 3 aromatic rings. The normalized spacial score (nSPS) is 10.8. The van der Waals surface area contributed by atoms with Crippen LogP contribution in [0.5, 0.6) is 5.75 Å². The van der Waals surface area contributed by atoms with E-state index in [-0.39, 0.29) is 0 Å². The molecular formula is C16H17N3O2. The molecule has 21 heavy (non-hydrogen) atoms. The number of methoxy groups -OCH3 is 1. The maximum Gasteiger partial charge on any atom is 0.298 e. The molecule has 0 atom stereocenters. The van der Waals surface area contributed by atoms with E-state index >= 15 is 0 Å². The second-order valence-corrected chi connectivity index (χ2v) is 4.89. The molecule has 3 rings (SSSR count). The number of fused-ring (bicyclic) bond motifs is 1. The van der Waals surface area contributed by atoms with Gasteiger partial charge in [-0.05, 0) is 24.3 Å². The van der Waals surface area contributed by atoms with Crippen LogP contribution in [-0.4, -0.2) is 19.1 Å². The van der Waals surface area contributed by atoms with Crippen LogP contribution in [0.4, 0.5) is 11.7 Å². The molecule has 1 aromatic heterocycles. The van der Waals surface area contributed by atoms with Crippen LogP contribution in [0.2, 0.25) is 0 Å². The summed E-state index contributed by atoms with van der Waals surface area (Å²) in [5, 5.41) is 0. The molecule has 0 aliphatic rings. The Labute approximate surface area is 122 Å². The van der Waals surface area contributed by atoms with Crippen LogP contribution in [-0.2, 0) is 6.54 Å². The molecule has 0 saturated heterocycles. The fraction of sp³-hybridized carbons (Fsp3) is 0.188. The number of nitrogens with zero attached hydrogens (tertiary/aromatic N) is 2. The summed E-state index contributed by atoms with van der Waals surface area (Å²) in [5.74, 6) is 0.852. The van der Waals surface area contributed by atoms with Gasteiger partial charge in [0.25, 0.3) is 6.01 Å². The van der Waals surface area contributed by atoms with Crippen molar-refractivity contribution in [1.29, 1.82) is 0 Å². The monoisotopic (exact) mass is 283 g/mol. The van der Waals surface area contributed by atoms with Crippen molar-refractivity contribution in [2.75, 3.05) is 24.8 Å². The summed E-state index contributed by atoms with van der Waals surface area (Å²) < 4.78 is 11.1. The number of aromatic nitrogens is 1. The lowest BCUT2D eigenvalue weighted by Gasteiger charge is -2.16. The number of para-hydroxylation sites is 1. The topological polar surface area (TPSA) is 64.5 Å². The first-order valence-electron chi connectivity index (χ1n) is 6.66. The van der Waals surface area contributed by atoms with Gasteiger partial charge in [0.05, 0.1) is 13.7 Å². The molecule has 0 fully saturated rings. The number of hydrogen-bond donors (Lipinski definition) is 1. The lowest BCUT2D eigenvalue weighted by Crippen LogP contribution is -2.17. The van der Waals surface area contributed by atoms with Gasteiger partial charge in [-0.2, -0.15) is 4.98 Å². The number of nitrogen functional groups attached to an aromatic ring is 1. The van der Waals surface area contributed by atoms with Gasteiger partial charge in [-0.25, -0.2) is 0 Å². The molecule has 2 N–H and O–H groups in total. The fourth-order valence-electron chi connectivity index (χ4n) is 2.25. The molecular weight excluding hydrogens is 266 g/mol. The van der Waals surface area contributed by atoms with Crippen molar-refractivity contribution < 1.29 is 9.15 Å². The number of hydrogen-bond acceptors (Lipinski definition) is 5. The van der Waals surface area contributed by atoms with Crippen LogP contribution in [0.25, 0.3) is 11.1 Å². The third-order valence-corrected chi connectivity index (χ3v) is 3.33. The molecule has 0 spiro atoms. The average Bonchev–Trinajstić information content (AvgIpc) is 2.91. The lowest BCUT2D eigenvalue weighted by atomic mass is 10.2. The Bertz CT molecular complexity index is 767. The summed E-state index contributed by atoms with van der Waals surface area (Å²) in [6, 6.07) is 13.9. The van der Waals surface area contributed by atoms with Crippen molar-refractivity contribution in [2.24, 2.45) is 0 Å². The average molecular weight is 283 g/mol. The molecule has 0 bridgehead atoms. The van der Waals surface area contributed by atoms with Crippen LogP contribution in [0.15, 0.2) is 46.9 Å². The third-order valence-electron chi connectivity index (χ3n) is 3.33. The number of oxazole rings is 1. The SMILES string of the molecule is COc1ccccc1CN(C)c1nc2cc(N)ccc2o1. The molecule has 0 aliphatic heterocycles. The molecule has 108 valence electrons. The molecule has 0 amide bonds. The van der Waals surface area contributed by atoms with E-state index in [0.29, 0.717) is 18.2 Å². The molecule has 5 heteroatoms. The van der Waals surface area contributed by atoms with Gasteiger partial charge in [-0.3, -0.25) is 0 Å². The number of benzene rings is 2. The maximum absolute atomic E-state index is 5.76. The minimum Gasteiger partial charge on any atom is -0.496 e. The van der Waals surface area contributed by atoms with Crippen molar-refractivity contribution in [3.8, 4) is 5.75 Å². The number of nitrogens with two attached hydrogens (primary N) is 1. The summed E-state index contributed by atoms with van der Waals surface area (Å²) in [7, 11) is 3.60. The summed E-state index contributed by atoms with van der Waals surface area (Å²) in [6.07, 6.45) is 0. The van der Waals surface area contributed by atoms with E-state index in [1.165, 1.54) is 0 Å². The van der Waals surface area contributed by atoms with E-state index in [9.17, 15) is 0 Å². The molecule has 0 unspecified atom stereocenters. The highest BCUT2D eigenvalue weighted by molar-refractivity contribution is 5.78. The van der Waals surface area contributed by atoms with E-state index < -0.39 is 0 Å². The van der Waals surface area contributed by atoms with Crippen LogP contribution in [0, 0.1) is 0 Å². The van der Waals surface area contributed by atoms with Crippen LogP contribution >= 0.6 is 0 Å². The highest BCUT2D eigenvalue weighted by atomic mass is 16.5. The molecule has 1 heterocycles. The van der Waals surface area contributed by atoms with Gasteiger partial charge in [0, 0.05) is 18.3 Å². The van der Waals surface area contributed by atoms with E-state index in [2.05, 4.69) is 4.98 Å². The first-order valence-corrected chi connectivity index (χ1v) is 6.66. The van der Waals surface area contributed by atoms with Crippen molar-refractivity contribution in [1.82, 2.24) is 4.98 Å². The lowest BCUT2D eigenvalue weighted by molar-refractivity contribution is 0.409. The Hall–Kier alpha value is -2.69. The molecule has 0 radical (unpaired) electrons. The molecule has 0 saturated carbocycles. The van der Waals surface area contributed by atoms with Crippen molar-refractivity contribution in [3.05, 3.63) is 48.0 Å². The van der Waals surface area contributed by atoms with Crippen molar-refractivity contribution >= 4 is 22.8 Å². The van der Waals surface area contributed by atoms with E-state index in [4.69, 9.17) is 14.9 Å². The first kappa shape index (κ1) is 13.3. The highest BCUT2D eigenvalue weighted by Crippen LogP contribution is 2.25. The number of rotatable bonds is 4. The second kappa shape index (κ2) is 5.36. The van der Waals surface area contributed by atoms with Crippen LogP contribution in [0.1, 0.15) is 5.56 Å². The maximum atomic E-state index is 5.76. The van der Waals surface area contributed by atoms with Gasteiger partial charge in [-0.15, -0.1) is 0 Å². The predicted octanol–water partition coefficient (Wildman–Crippen LogP) is 3.06. The Kier molecular flexibility index (Phi) is 3.39. The van der Waals surface area contributed by atoms with Gasteiger partial charge in [0.1, 0.15) is 11.3 Å². The number of ether oxygens (including phenoxy) is 1. The Balaban J connectivity index is 1.88. The molecule has 5 nitrogen and oxygen atoms in total. The zero-order chi connectivity index (χ0) is 14.8. The second-order valence-electron chi connectivity index (χ2n) is 4.89. The van der Waals surface area contributed by atoms with E-state index in [1.54, 1.807) is 19.2 Å². The van der Waals surface area contributed by atoms with Gasteiger partial charge in [-0.1, -0.05) is 18.2 Å². The van der Waals surface area contributed by atoms with Crippen molar-refractivity contribution in [3.63, 3.8) is 0 Å². The number of anilines is 2. The smallest absolute Gasteiger partial charge is 0.298 e. The minimum absolute atomic E-state index is 0.557. The molecule has 2 aromatic carbocycles. The predicted molar refractivity (Wildman–Crippen MR) is 83.5 cm³/mol. The zero-order valence-electron chi connectivity index (χ0n) is 12.0. The summed E-state index contributed by atoms with van der Waals surface area (Å²) >= 11 is 0. The van der Waals surface area contributed by atoms with Gasteiger partial charge < -0.3 is 19.8 Å². The summed E-state index contributed by atoms with van der Waals surface area (Å²) in [4.78, 5) is 6.40. The first-order chi connectivity index (χ1) is 10.2. The quantitative estimate of drug-likeness (QED) is 0.745. The molecule has 0 aliphatic carbocycles.